The van der Waals surface area contributed by atoms with E-state index in [1.165, 1.54) is 6.42 Å². The molecule has 1 amide bonds. The Balaban J connectivity index is 0.000000283. The van der Waals surface area contributed by atoms with Gasteiger partial charge in [0, 0.05) is 23.6 Å². The summed E-state index contributed by atoms with van der Waals surface area (Å²) in [5.41, 5.74) is 2.64. The fourth-order valence-corrected chi connectivity index (χ4v) is 2.91. The summed E-state index contributed by atoms with van der Waals surface area (Å²) in [6, 6.07) is 1.26. The highest BCUT2D eigenvalue weighted by Crippen LogP contribution is 2.39. The first-order valence-electron chi connectivity index (χ1n) is 8.51. The topological polar surface area (TPSA) is 98.7 Å². The maximum absolute atomic E-state index is 12.3. The Labute approximate surface area is 169 Å². The van der Waals surface area contributed by atoms with Crippen LogP contribution in [0, 0.1) is 10.1 Å². The molecule has 0 radical (unpaired) electrons. The SMILES string of the molecule is CC(C)(C)OC(=O)N1CCCCC1.Nc1cc(C(F)(F)F)c(Br)cc1[N+](=O)[O-]. The van der Waals surface area contributed by atoms with E-state index >= 15 is 0 Å². The number of benzene rings is 1. The molecular weight excluding hydrogens is 447 g/mol. The molecule has 158 valence electrons. The summed E-state index contributed by atoms with van der Waals surface area (Å²) in [5.74, 6) is 0. The van der Waals surface area contributed by atoms with Gasteiger partial charge in [0.05, 0.1) is 10.5 Å². The van der Waals surface area contributed by atoms with E-state index in [4.69, 9.17) is 10.5 Å². The molecule has 0 atom stereocenters. The van der Waals surface area contributed by atoms with Crippen molar-refractivity contribution in [2.24, 2.45) is 0 Å². The van der Waals surface area contributed by atoms with Gasteiger partial charge in [0.2, 0.25) is 0 Å². The first-order valence-corrected chi connectivity index (χ1v) is 9.30. The van der Waals surface area contributed by atoms with Crippen molar-refractivity contribution >= 4 is 33.4 Å². The predicted octanol–water partition coefficient (Wildman–Crippen LogP) is 5.37. The smallest absolute Gasteiger partial charge is 0.417 e. The molecular formula is C17H23BrF3N3O4. The molecule has 2 rings (SSSR count). The van der Waals surface area contributed by atoms with E-state index in [0.717, 1.165) is 32.0 Å². The van der Waals surface area contributed by atoms with Crippen LogP contribution in [0.5, 0.6) is 0 Å². The van der Waals surface area contributed by atoms with Gasteiger partial charge in [-0.25, -0.2) is 4.79 Å². The molecule has 0 aromatic heterocycles. The average molecular weight is 470 g/mol. The summed E-state index contributed by atoms with van der Waals surface area (Å²) in [6.45, 7) is 7.41. The minimum atomic E-state index is -4.60. The van der Waals surface area contributed by atoms with Gasteiger partial charge in [-0.05, 0) is 62.0 Å². The van der Waals surface area contributed by atoms with Gasteiger partial charge in [-0.2, -0.15) is 13.2 Å². The maximum Gasteiger partial charge on any atom is 0.417 e. The van der Waals surface area contributed by atoms with Gasteiger partial charge in [0.1, 0.15) is 11.3 Å². The van der Waals surface area contributed by atoms with Gasteiger partial charge in [0.15, 0.2) is 0 Å². The third-order valence-electron chi connectivity index (χ3n) is 3.63. The first-order chi connectivity index (χ1) is 12.7. The standard InChI is InChI=1S/C10H19NO2.C7H4BrF3N2O2/c1-10(2,3)13-9(12)11-7-5-4-6-8-11;8-4-2-6(13(14)15)5(12)1-3(4)7(9,10)11/h4-8H2,1-3H3;1-2H,12H2. The summed E-state index contributed by atoms with van der Waals surface area (Å²) in [7, 11) is 0. The fourth-order valence-electron chi connectivity index (χ4n) is 2.36. The van der Waals surface area contributed by atoms with Crippen molar-refractivity contribution in [1.82, 2.24) is 4.90 Å². The van der Waals surface area contributed by atoms with Gasteiger partial charge in [-0.3, -0.25) is 10.1 Å². The van der Waals surface area contributed by atoms with Gasteiger partial charge in [0.25, 0.3) is 5.69 Å². The molecule has 0 bridgehead atoms. The number of nitro benzene ring substituents is 1. The summed E-state index contributed by atoms with van der Waals surface area (Å²) in [6.07, 6.45) is -1.30. The van der Waals surface area contributed by atoms with Gasteiger partial charge < -0.3 is 15.4 Å². The minimum absolute atomic E-state index is 0.160. The van der Waals surface area contributed by atoms with Crippen molar-refractivity contribution in [3.8, 4) is 0 Å². The number of nitrogen functional groups attached to an aromatic ring is 1. The van der Waals surface area contributed by atoms with Crippen LogP contribution in [0.2, 0.25) is 0 Å². The van der Waals surface area contributed by atoms with E-state index in [1.807, 2.05) is 20.8 Å². The van der Waals surface area contributed by atoms with Crippen LogP contribution in [0.1, 0.15) is 45.6 Å². The summed E-state index contributed by atoms with van der Waals surface area (Å²) in [4.78, 5) is 22.8. The molecule has 11 heteroatoms. The van der Waals surface area contributed by atoms with E-state index in [1.54, 1.807) is 4.90 Å². The Bertz CT molecular complexity index is 715. The number of amides is 1. The molecule has 1 aromatic carbocycles. The Kier molecular flexibility index (Phi) is 8.09. The van der Waals surface area contributed by atoms with E-state index < -0.39 is 32.5 Å². The number of alkyl halides is 3. The monoisotopic (exact) mass is 469 g/mol. The lowest BCUT2D eigenvalue weighted by Gasteiger charge is -2.29. The lowest BCUT2D eigenvalue weighted by atomic mass is 10.1. The highest BCUT2D eigenvalue weighted by molar-refractivity contribution is 9.10. The zero-order chi connectivity index (χ0) is 21.7. The maximum atomic E-state index is 12.3. The predicted molar refractivity (Wildman–Crippen MR) is 102 cm³/mol. The highest BCUT2D eigenvalue weighted by atomic mass is 79.9. The Morgan fingerprint density at radius 2 is 1.75 bits per heavy atom. The lowest BCUT2D eigenvalue weighted by molar-refractivity contribution is -0.384. The molecule has 0 saturated carbocycles. The lowest BCUT2D eigenvalue weighted by Crippen LogP contribution is -2.39. The van der Waals surface area contributed by atoms with Crippen molar-refractivity contribution in [1.29, 1.82) is 0 Å². The van der Waals surface area contributed by atoms with E-state index in [0.29, 0.717) is 6.07 Å². The third kappa shape index (κ3) is 7.53. The number of rotatable bonds is 1. The molecule has 0 aliphatic carbocycles. The largest absolute Gasteiger partial charge is 0.444 e. The number of nitrogens with two attached hydrogens (primary N) is 1. The van der Waals surface area contributed by atoms with E-state index in [2.05, 4.69) is 15.9 Å². The Morgan fingerprint density at radius 1 is 1.21 bits per heavy atom. The van der Waals surface area contributed by atoms with Crippen LogP contribution >= 0.6 is 15.9 Å². The number of hydrogen-bond acceptors (Lipinski definition) is 5. The normalized spacial score (nSPS) is 14.8. The summed E-state index contributed by atoms with van der Waals surface area (Å²) in [5, 5.41) is 10.4. The number of hydrogen-bond donors (Lipinski definition) is 1. The number of nitrogens with zero attached hydrogens (tertiary/aromatic N) is 2. The molecule has 1 aromatic rings. The van der Waals surface area contributed by atoms with Gasteiger partial charge >= 0.3 is 12.3 Å². The molecule has 1 heterocycles. The number of ether oxygens (including phenoxy) is 1. The van der Waals surface area contributed by atoms with Crippen LogP contribution in [0.15, 0.2) is 16.6 Å². The van der Waals surface area contributed by atoms with Crippen LogP contribution < -0.4 is 5.73 Å². The first kappa shape index (κ1) is 24.0. The quantitative estimate of drug-likeness (QED) is 0.338. The Morgan fingerprint density at radius 3 is 2.18 bits per heavy atom. The van der Waals surface area contributed by atoms with E-state index in [-0.39, 0.29) is 11.7 Å². The number of halogens is 4. The number of anilines is 1. The molecule has 2 N–H and O–H groups in total. The molecule has 1 fully saturated rings. The second-order valence-electron chi connectivity index (χ2n) is 7.17. The molecule has 0 unspecified atom stereocenters. The number of carbonyl (C=O) groups excluding carboxylic acids is 1. The highest BCUT2D eigenvalue weighted by Gasteiger charge is 2.34. The summed E-state index contributed by atoms with van der Waals surface area (Å²) < 4.78 is 41.8. The number of carbonyl (C=O) groups is 1. The van der Waals surface area contributed by atoms with Crippen LogP contribution in [-0.2, 0) is 10.9 Å². The number of nitro groups is 1. The van der Waals surface area contributed by atoms with Gasteiger partial charge in [-0.15, -0.1) is 0 Å². The molecule has 1 aliphatic rings. The molecule has 7 nitrogen and oxygen atoms in total. The van der Waals surface area contributed by atoms with Crippen LogP contribution in [0.4, 0.5) is 29.3 Å². The fraction of sp³-hybridized carbons (Fsp3) is 0.588. The second kappa shape index (κ2) is 9.44. The Hall–Kier alpha value is -2.04. The summed E-state index contributed by atoms with van der Waals surface area (Å²) >= 11 is 2.61. The zero-order valence-electron chi connectivity index (χ0n) is 15.8. The van der Waals surface area contributed by atoms with Crippen molar-refractivity contribution in [2.75, 3.05) is 18.8 Å². The third-order valence-corrected chi connectivity index (χ3v) is 4.28. The molecule has 0 spiro atoms. The van der Waals surface area contributed by atoms with E-state index in [9.17, 15) is 28.1 Å². The van der Waals surface area contributed by atoms with Crippen molar-refractivity contribution < 1.29 is 27.6 Å². The molecule has 28 heavy (non-hydrogen) atoms. The van der Waals surface area contributed by atoms with Gasteiger partial charge in [-0.1, -0.05) is 0 Å². The molecule has 1 saturated heterocycles. The van der Waals surface area contributed by atoms with Crippen molar-refractivity contribution in [3.63, 3.8) is 0 Å². The zero-order valence-corrected chi connectivity index (χ0v) is 17.4. The van der Waals surface area contributed by atoms with Crippen LogP contribution in [-0.4, -0.2) is 34.6 Å². The molecule has 1 aliphatic heterocycles. The van der Waals surface area contributed by atoms with Crippen LogP contribution in [0.25, 0.3) is 0 Å². The minimum Gasteiger partial charge on any atom is -0.444 e. The van der Waals surface area contributed by atoms with Crippen molar-refractivity contribution in [2.45, 2.75) is 51.8 Å². The van der Waals surface area contributed by atoms with Crippen molar-refractivity contribution in [3.05, 3.63) is 32.3 Å². The number of piperidine rings is 1. The second-order valence-corrected chi connectivity index (χ2v) is 8.03. The number of likely N-dealkylation sites (tertiary alicyclic amines) is 1. The average Bonchev–Trinajstić information content (AvgIpc) is 2.55. The van der Waals surface area contributed by atoms with Crippen LogP contribution in [0.3, 0.4) is 0 Å².